The zero-order chi connectivity index (χ0) is 21.8. The van der Waals surface area contributed by atoms with Gasteiger partial charge in [-0.1, -0.05) is 30.3 Å². The first-order valence-corrected chi connectivity index (χ1v) is 9.25. The molecule has 0 radical (unpaired) electrons. The summed E-state index contributed by atoms with van der Waals surface area (Å²) in [6, 6.07) is 20.6. The number of pyridine rings is 1. The van der Waals surface area contributed by atoms with E-state index in [-0.39, 0.29) is 17.1 Å². The molecule has 0 atom stereocenters. The Morgan fingerprint density at radius 3 is 2.52 bits per heavy atom. The largest absolute Gasteiger partial charge is 0.278 e. The van der Waals surface area contributed by atoms with Crippen LogP contribution in [0.1, 0.15) is 15.9 Å². The second-order valence-electron chi connectivity index (χ2n) is 6.59. The standard InChI is InChI=1S/C23H15FN4O3/c24-17-11-9-15(10-12-17)21-13-19(18-6-2-3-7-20(18)26-21)23(29)27-25-14-16-5-1-4-8-22(16)28(30)31/h1-14H,(H,27,29). The summed E-state index contributed by atoms with van der Waals surface area (Å²) >= 11 is 0. The fraction of sp³-hybridized carbons (Fsp3) is 0. The molecule has 3 aromatic carbocycles. The Morgan fingerprint density at radius 1 is 1.03 bits per heavy atom. The van der Waals surface area contributed by atoms with Gasteiger partial charge in [0.05, 0.1) is 33.5 Å². The number of fused-ring (bicyclic) bond motifs is 1. The van der Waals surface area contributed by atoms with Gasteiger partial charge in [-0.3, -0.25) is 14.9 Å². The summed E-state index contributed by atoms with van der Waals surface area (Å²) in [6.07, 6.45) is 1.22. The van der Waals surface area contributed by atoms with Crippen LogP contribution < -0.4 is 5.43 Å². The van der Waals surface area contributed by atoms with E-state index < -0.39 is 10.8 Å². The number of hydrogen-bond donors (Lipinski definition) is 1. The highest BCUT2D eigenvalue weighted by Crippen LogP contribution is 2.25. The maximum atomic E-state index is 13.3. The third kappa shape index (κ3) is 4.27. The number of nitrogens with one attached hydrogen (secondary N) is 1. The van der Waals surface area contributed by atoms with Gasteiger partial charge in [0, 0.05) is 17.0 Å². The normalized spacial score (nSPS) is 11.0. The number of carbonyl (C=O) groups excluding carboxylic acids is 1. The summed E-state index contributed by atoms with van der Waals surface area (Å²) < 4.78 is 13.3. The van der Waals surface area contributed by atoms with Crippen molar-refractivity contribution in [3.8, 4) is 11.3 Å². The summed E-state index contributed by atoms with van der Waals surface area (Å²) in [5.74, 6) is -0.872. The van der Waals surface area contributed by atoms with Crippen molar-refractivity contribution in [3.63, 3.8) is 0 Å². The minimum Gasteiger partial charge on any atom is -0.267 e. The summed E-state index contributed by atoms with van der Waals surface area (Å²) in [6.45, 7) is 0. The average Bonchev–Trinajstić information content (AvgIpc) is 2.79. The Hall–Kier alpha value is -4.46. The molecular formula is C23H15FN4O3. The predicted molar refractivity (Wildman–Crippen MR) is 115 cm³/mol. The molecule has 152 valence electrons. The van der Waals surface area contributed by atoms with E-state index in [0.29, 0.717) is 27.7 Å². The molecule has 0 saturated carbocycles. The molecule has 4 rings (SSSR count). The molecule has 0 saturated heterocycles. The van der Waals surface area contributed by atoms with Crippen LogP contribution in [0.4, 0.5) is 10.1 Å². The van der Waals surface area contributed by atoms with Gasteiger partial charge in [0.15, 0.2) is 0 Å². The van der Waals surface area contributed by atoms with Crippen LogP contribution in [0, 0.1) is 15.9 Å². The van der Waals surface area contributed by atoms with E-state index >= 15 is 0 Å². The first-order valence-electron chi connectivity index (χ1n) is 9.25. The number of para-hydroxylation sites is 2. The molecule has 1 amide bonds. The Kier molecular flexibility index (Phi) is 5.44. The van der Waals surface area contributed by atoms with Crippen LogP contribution in [0.2, 0.25) is 0 Å². The summed E-state index contributed by atoms with van der Waals surface area (Å²) in [7, 11) is 0. The Morgan fingerprint density at radius 2 is 1.74 bits per heavy atom. The van der Waals surface area contributed by atoms with Crippen LogP contribution in [0.3, 0.4) is 0 Å². The van der Waals surface area contributed by atoms with Gasteiger partial charge in [0.2, 0.25) is 0 Å². The van der Waals surface area contributed by atoms with Crippen LogP contribution in [0.25, 0.3) is 22.2 Å². The fourth-order valence-corrected chi connectivity index (χ4v) is 3.12. The van der Waals surface area contributed by atoms with E-state index in [2.05, 4.69) is 15.5 Å². The number of carbonyl (C=O) groups is 1. The van der Waals surface area contributed by atoms with Crippen molar-refractivity contribution >= 4 is 28.7 Å². The van der Waals surface area contributed by atoms with E-state index in [1.165, 1.54) is 30.5 Å². The topological polar surface area (TPSA) is 97.5 Å². The third-order valence-electron chi connectivity index (χ3n) is 4.60. The molecular weight excluding hydrogens is 399 g/mol. The zero-order valence-corrected chi connectivity index (χ0v) is 16.0. The van der Waals surface area contributed by atoms with Crippen LogP contribution in [-0.4, -0.2) is 22.0 Å². The lowest BCUT2D eigenvalue weighted by Crippen LogP contribution is -2.18. The average molecular weight is 414 g/mol. The van der Waals surface area contributed by atoms with Gasteiger partial charge in [-0.2, -0.15) is 5.10 Å². The van der Waals surface area contributed by atoms with Crippen molar-refractivity contribution in [2.24, 2.45) is 5.10 Å². The lowest BCUT2D eigenvalue weighted by molar-refractivity contribution is -0.385. The number of aromatic nitrogens is 1. The predicted octanol–water partition coefficient (Wildman–Crippen LogP) is 4.71. The number of rotatable bonds is 5. The minimum atomic E-state index is -0.519. The maximum absolute atomic E-state index is 13.3. The van der Waals surface area contributed by atoms with Crippen LogP contribution in [0.15, 0.2) is 84.0 Å². The molecule has 0 fully saturated rings. The maximum Gasteiger partial charge on any atom is 0.278 e. The summed E-state index contributed by atoms with van der Waals surface area (Å²) in [5, 5.41) is 15.6. The number of hydrogen-bond acceptors (Lipinski definition) is 5. The van der Waals surface area contributed by atoms with E-state index in [1.54, 1.807) is 54.6 Å². The van der Waals surface area contributed by atoms with Gasteiger partial charge >= 0.3 is 0 Å². The number of hydrazone groups is 1. The van der Waals surface area contributed by atoms with Crippen molar-refractivity contribution in [3.05, 3.63) is 106 Å². The van der Waals surface area contributed by atoms with Crippen molar-refractivity contribution in [1.82, 2.24) is 10.4 Å². The monoisotopic (exact) mass is 414 g/mol. The van der Waals surface area contributed by atoms with Crippen LogP contribution in [-0.2, 0) is 0 Å². The molecule has 0 aliphatic rings. The molecule has 1 aromatic heterocycles. The molecule has 8 heteroatoms. The van der Waals surface area contributed by atoms with Gasteiger partial charge in [-0.05, 0) is 42.5 Å². The highest BCUT2D eigenvalue weighted by atomic mass is 19.1. The van der Waals surface area contributed by atoms with Gasteiger partial charge < -0.3 is 0 Å². The molecule has 31 heavy (non-hydrogen) atoms. The fourth-order valence-electron chi connectivity index (χ4n) is 3.12. The highest BCUT2D eigenvalue weighted by molar-refractivity contribution is 6.07. The van der Waals surface area contributed by atoms with Crippen LogP contribution >= 0.6 is 0 Å². The minimum absolute atomic E-state index is 0.117. The Bertz CT molecular complexity index is 1320. The SMILES string of the molecule is O=C(NN=Cc1ccccc1[N+](=O)[O-])c1cc(-c2ccc(F)cc2)nc2ccccc12. The van der Waals surface area contributed by atoms with Gasteiger partial charge in [-0.15, -0.1) is 0 Å². The first kappa shape index (κ1) is 19.8. The van der Waals surface area contributed by atoms with Gasteiger partial charge in [0.1, 0.15) is 5.82 Å². The Balaban J connectivity index is 1.67. The molecule has 0 bridgehead atoms. The second-order valence-corrected chi connectivity index (χ2v) is 6.59. The number of nitrogens with zero attached hydrogens (tertiary/aromatic N) is 3. The number of benzene rings is 3. The molecule has 1 N–H and O–H groups in total. The Labute approximate surface area is 176 Å². The molecule has 4 aromatic rings. The lowest BCUT2D eigenvalue weighted by Gasteiger charge is -2.09. The molecule has 0 aliphatic carbocycles. The molecule has 1 heterocycles. The van der Waals surface area contributed by atoms with E-state index in [4.69, 9.17) is 0 Å². The second kappa shape index (κ2) is 8.50. The lowest BCUT2D eigenvalue weighted by atomic mass is 10.0. The third-order valence-corrected chi connectivity index (χ3v) is 4.60. The van der Waals surface area contributed by atoms with Gasteiger partial charge in [0.25, 0.3) is 11.6 Å². The zero-order valence-electron chi connectivity index (χ0n) is 16.0. The first-order chi connectivity index (χ1) is 15.0. The van der Waals surface area contributed by atoms with Crippen molar-refractivity contribution in [2.75, 3.05) is 0 Å². The number of nitro benzene ring substituents is 1. The van der Waals surface area contributed by atoms with E-state index in [1.807, 2.05) is 0 Å². The van der Waals surface area contributed by atoms with E-state index in [0.717, 1.165) is 0 Å². The van der Waals surface area contributed by atoms with Crippen molar-refractivity contribution < 1.29 is 14.1 Å². The molecule has 0 unspecified atom stereocenters. The quantitative estimate of drug-likeness (QED) is 0.290. The highest BCUT2D eigenvalue weighted by Gasteiger charge is 2.14. The van der Waals surface area contributed by atoms with Crippen molar-refractivity contribution in [1.29, 1.82) is 0 Å². The molecule has 0 aliphatic heterocycles. The van der Waals surface area contributed by atoms with E-state index in [9.17, 15) is 19.3 Å². The van der Waals surface area contributed by atoms with Crippen LogP contribution in [0.5, 0.6) is 0 Å². The van der Waals surface area contributed by atoms with Crippen molar-refractivity contribution in [2.45, 2.75) is 0 Å². The summed E-state index contributed by atoms with van der Waals surface area (Å²) in [4.78, 5) is 28.0. The number of nitro groups is 1. The smallest absolute Gasteiger partial charge is 0.267 e. The molecule has 7 nitrogen and oxygen atoms in total. The molecule has 0 spiro atoms. The number of amides is 1. The summed E-state index contributed by atoms with van der Waals surface area (Å²) in [5.41, 5.74) is 4.64. The number of halogens is 1. The van der Waals surface area contributed by atoms with Gasteiger partial charge in [-0.25, -0.2) is 14.8 Å².